The van der Waals surface area contributed by atoms with Crippen LogP contribution >= 0.6 is 0 Å². The summed E-state index contributed by atoms with van der Waals surface area (Å²) in [6, 6.07) is 0. The molecule has 132 valence electrons. The van der Waals surface area contributed by atoms with Crippen molar-refractivity contribution in [1.82, 2.24) is 0 Å². The summed E-state index contributed by atoms with van der Waals surface area (Å²) in [5.41, 5.74) is 1.23. The number of hydrogen-bond donors (Lipinski definition) is 2. The summed E-state index contributed by atoms with van der Waals surface area (Å²) in [5, 5.41) is 22.3. The molecular weight excluding hydrogens is 304 g/mol. The van der Waals surface area contributed by atoms with Gasteiger partial charge in [-0.05, 0) is 49.5 Å². The Morgan fingerprint density at radius 2 is 1.96 bits per heavy atom. The lowest BCUT2D eigenvalue weighted by Gasteiger charge is -2.63. The third-order valence-corrected chi connectivity index (χ3v) is 7.79. The zero-order valence-electron chi connectivity index (χ0n) is 15.1. The van der Waals surface area contributed by atoms with Crippen molar-refractivity contribution in [2.24, 2.45) is 16.7 Å². The van der Waals surface area contributed by atoms with Crippen molar-refractivity contribution in [2.75, 3.05) is 0 Å². The van der Waals surface area contributed by atoms with Crippen LogP contribution in [0.15, 0.2) is 22.8 Å². The third kappa shape index (κ3) is 1.79. The van der Waals surface area contributed by atoms with E-state index in [0.29, 0.717) is 18.4 Å². The first kappa shape index (κ1) is 16.3. The summed E-state index contributed by atoms with van der Waals surface area (Å²) in [6.45, 7) is 8.25. The molecule has 1 heterocycles. The van der Waals surface area contributed by atoms with Crippen LogP contribution in [-0.2, 0) is 9.53 Å². The number of aliphatic hydroxyl groups excluding tert-OH is 1. The fourth-order valence-corrected chi connectivity index (χ4v) is 6.10. The van der Waals surface area contributed by atoms with E-state index in [2.05, 4.69) is 20.8 Å². The Morgan fingerprint density at radius 3 is 2.67 bits per heavy atom. The highest BCUT2D eigenvalue weighted by atomic mass is 16.5. The molecular formula is C20H28O4. The van der Waals surface area contributed by atoms with Gasteiger partial charge < -0.3 is 14.9 Å². The number of carbonyl (C=O) groups excluding carboxylic acids is 1. The molecule has 0 radical (unpaired) electrons. The zero-order chi connectivity index (χ0) is 17.5. The molecule has 0 unspecified atom stereocenters. The maximum Gasteiger partial charge on any atom is 0.334 e. The lowest BCUT2D eigenvalue weighted by Crippen LogP contribution is -2.64. The van der Waals surface area contributed by atoms with Gasteiger partial charge in [0.2, 0.25) is 0 Å². The Bertz CT molecular complexity index is 673. The second-order valence-electron chi connectivity index (χ2n) is 9.09. The average Bonchev–Trinajstić information content (AvgIpc) is 2.77. The van der Waals surface area contributed by atoms with E-state index >= 15 is 0 Å². The van der Waals surface area contributed by atoms with Gasteiger partial charge in [-0.1, -0.05) is 26.8 Å². The highest BCUT2D eigenvalue weighted by Gasteiger charge is 2.64. The van der Waals surface area contributed by atoms with Gasteiger partial charge in [0, 0.05) is 23.0 Å². The van der Waals surface area contributed by atoms with E-state index in [9.17, 15) is 15.0 Å². The monoisotopic (exact) mass is 332 g/mol. The van der Waals surface area contributed by atoms with Crippen LogP contribution in [0.5, 0.6) is 0 Å². The first-order valence-corrected chi connectivity index (χ1v) is 9.14. The van der Waals surface area contributed by atoms with Gasteiger partial charge in [0.15, 0.2) is 0 Å². The fraction of sp³-hybridized carbons (Fsp3) is 0.750. The molecule has 0 aromatic carbocycles. The van der Waals surface area contributed by atoms with Gasteiger partial charge in [0.1, 0.15) is 6.10 Å². The van der Waals surface area contributed by atoms with Crippen LogP contribution in [0, 0.1) is 16.7 Å². The largest absolute Gasteiger partial charge is 0.454 e. The predicted octanol–water partition coefficient (Wildman–Crippen LogP) is 2.89. The molecule has 1 aliphatic heterocycles. The number of ether oxygens (including phenoxy) is 1. The molecule has 3 aliphatic carbocycles. The molecule has 24 heavy (non-hydrogen) atoms. The van der Waals surface area contributed by atoms with Crippen LogP contribution in [0.2, 0.25) is 0 Å². The van der Waals surface area contributed by atoms with Gasteiger partial charge in [-0.25, -0.2) is 4.79 Å². The molecule has 0 saturated heterocycles. The van der Waals surface area contributed by atoms with E-state index < -0.39 is 5.60 Å². The second-order valence-corrected chi connectivity index (χ2v) is 9.09. The summed E-state index contributed by atoms with van der Waals surface area (Å²) in [7, 11) is 0. The molecule has 2 saturated carbocycles. The molecule has 4 heteroatoms. The van der Waals surface area contributed by atoms with Crippen LogP contribution in [-0.4, -0.2) is 34.0 Å². The summed E-state index contributed by atoms with van der Waals surface area (Å²) < 4.78 is 5.52. The lowest BCUT2D eigenvalue weighted by molar-refractivity contribution is -0.197. The number of esters is 1. The number of fused-ring (bicyclic) bond motifs is 4. The quantitative estimate of drug-likeness (QED) is 0.670. The fourth-order valence-electron chi connectivity index (χ4n) is 6.10. The standard InChI is InChI=1S/C20H28O4/c1-11-13-9-12-5-6-15-18(2,3)16(21)7-8-19(15,4)20(12,23)10-14(13)24-17(11)22/h9,14-16,21,23H,5-8,10H2,1-4H3/t14-,15-,16+,19-,20+/m1/s1. The minimum atomic E-state index is -0.952. The molecule has 0 spiro atoms. The SMILES string of the molecule is CC1=C2C=C3CC[C@@H]4C(C)(C)[C@@H](O)CC[C@@]4(C)[C@]3(O)C[C@H]2OC1=O. The van der Waals surface area contributed by atoms with Crippen molar-refractivity contribution in [2.45, 2.75) is 77.6 Å². The first-order chi connectivity index (χ1) is 11.1. The molecule has 2 N–H and O–H groups in total. The number of aliphatic hydroxyl groups is 2. The smallest absolute Gasteiger partial charge is 0.334 e. The Balaban J connectivity index is 1.81. The van der Waals surface area contributed by atoms with Gasteiger partial charge in [-0.3, -0.25) is 0 Å². The third-order valence-electron chi connectivity index (χ3n) is 7.79. The minimum absolute atomic E-state index is 0.216. The maximum atomic E-state index is 11.9. The molecule has 0 aromatic rings. The van der Waals surface area contributed by atoms with Gasteiger partial charge in [-0.2, -0.15) is 0 Å². The van der Waals surface area contributed by atoms with E-state index in [4.69, 9.17) is 4.74 Å². The normalized spacial score (nSPS) is 46.7. The van der Waals surface area contributed by atoms with Crippen LogP contribution in [0.25, 0.3) is 0 Å². The van der Waals surface area contributed by atoms with Crippen LogP contribution < -0.4 is 0 Å². The summed E-state index contributed by atoms with van der Waals surface area (Å²) in [6.07, 6.45) is 5.15. The number of rotatable bonds is 0. The van der Waals surface area contributed by atoms with Crippen molar-refractivity contribution >= 4 is 5.97 Å². The average molecular weight is 332 g/mol. The number of carbonyl (C=O) groups is 1. The molecule has 2 fully saturated rings. The summed E-state index contributed by atoms with van der Waals surface area (Å²) in [5.74, 6) is -0.00479. The first-order valence-electron chi connectivity index (χ1n) is 9.14. The Morgan fingerprint density at radius 1 is 1.25 bits per heavy atom. The minimum Gasteiger partial charge on any atom is -0.454 e. The maximum absolute atomic E-state index is 11.9. The highest BCUT2D eigenvalue weighted by Crippen LogP contribution is 2.65. The van der Waals surface area contributed by atoms with E-state index in [1.807, 2.05) is 13.0 Å². The Labute approximate surface area is 143 Å². The van der Waals surface area contributed by atoms with E-state index in [0.717, 1.165) is 30.4 Å². The molecule has 4 rings (SSSR count). The second kappa shape index (κ2) is 4.73. The molecule has 5 atom stereocenters. The van der Waals surface area contributed by atoms with Gasteiger partial charge in [-0.15, -0.1) is 0 Å². The van der Waals surface area contributed by atoms with Crippen LogP contribution in [0.1, 0.15) is 59.8 Å². The topological polar surface area (TPSA) is 66.8 Å². The molecule has 4 nitrogen and oxygen atoms in total. The summed E-state index contributed by atoms with van der Waals surface area (Å²) >= 11 is 0. The van der Waals surface area contributed by atoms with Crippen molar-refractivity contribution in [3.63, 3.8) is 0 Å². The Kier molecular flexibility index (Phi) is 3.22. The van der Waals surface area contributed by atoms with Gasteiger partial charge >= 0.3 is 5.97 Å². The molecule has 0 bridgehead atoms. The van der Waals surface area contributed by atoms with E-state index in [1.165, 1.54) is 0 Å². The Hall–Kier alpha value is -1.13. The van der Waals surface area contributed by atoms with Crippen LogP contribution in [0.3, 0.4) is 0 Å². The molecule has 0 aromatic heterocycles. The highest BCUT2D eigenvalue weighted by molar-refractivity contribution is 5.92. The van der Waals surface area contributed by atoms with Crippen molar-refractivity contribution < 1.29 is 19.7 Å². The zero-order valence-corrected chi connectivity index (χ0v) is 15.1. The molecule has 0 amide bonds. The van der Waals surface area contributed by atoms with Gasteiger partial charge in [0.05, 0.1) is 11.7 Å². The van der Waals surface area contributed by atoms with Crippen LogP contribution in [0.4, 0.5) is 0 Å². The summed E-state index contributed by atoms with van der Waals surface area (Å²) in [4.78, 5) is 11.9. The predicted molar refractivity (Wildman–Crippen MR) is 90.1 cm³/mol. The number of hydrogen-bond acceptors (Lipinski definition) is 4. The van der Waals surface area contributed by atoms with Crippen molar-refractivity contribution in [3.05, 3.63) is 22.8 Å². The molecule has 4 aliphatic rings. The van der Waals surface area contributed by atoms with Gasteiger partial charge in [0.25, 0.3) is 0 Å². The van der Waals surface area contributed by atoms with E-state index in [1.54, 1.807) is 0 Å². The lowest BCUT2D eigenvalue weighted by atomic mass is 9.43. The van der Waals surface area contributed by atoms with Crippen molar-refractivity contribution in [1.29, 1.82) is 0 Å². The van der Waals surface area contributed by atoms with E-state index in [-0.39, 0.29) is 34.9 Å². The van der Waals surface area contributed by atoms with Crippen molar-refractivity contribution in [3.8, 4) is 0 Å².